The molecule has 0 heterocycles. The molecule has 114 valence electrons. The highest BCUT2D eigenvalue weighted by molar-refractivity contribution is 6.43. The van der Waals surface area contributed by atoms with Crippen molar-refractivity contribution < 1.29 is 19.8 Å². The summed E-state index contributed by atoms with van der Waals surface area (Å²) in [6.07, 6.45) is 0. The number of anilines is 2. The summed E-state index contributed by atoms with van der Waals surface area (Å²) in [4.78, 5) is 23.7. The van der Waals surface area contributed by atoms with Gasteiger partial charge in [-0.1, -0.05) is 18.2 Å². The number of nitrogens with one attached hydrogen (secondary N) is 2. The van der Waals surface area contributed by atoms with Gasteiger partial charge >= 0.3 is 11.8 Å². The van der Waals surface area contributed by atoms with Crippen LogP contribution in [0.5, 0.6) is 11.5 Å². The Balaban J connectivity index is 2.13. The molecule has 0 bridgehead atoms. The average molecular weight is 300 g/mol. The summed E-state index contributed by atoms with van der Waals surface area (Å²) in [5.74, 6) is -2.11. The highest BCUT2D eigenvalue weighted by Gasteiger charge is 2.17. The van der Waals surface area contributed by atoms with Crippen LogP contribution in [0, 0.1) is 13.8 Å². The lowest BCUT2D eigenvalue weighted by Crippen LogP contribution is -2.29. The quantitative estimate of drug-likeness (QED) is 0.505. The number of amides is 2. The van der Waals surface area contributed by atoms with Crippen LogP contribution in [0.3, 0.4) is 0 Å². The van der Waals surface area contributed by atoms with Crippen molar-refractivity contribution in [3.8, 4) is 11.5 Å². The van der Waals surface area contributed by atoms with E-state index in [1.54, 1.807) is 31.2 Å². The van der Waals surface area contributed by atoms with E-state index in [-0.39, 0.29) is 22.9 Å². The minimum atomic E-state index is -0.944. The number of carbonyl (C=O) groups is 2. The van der Waals surface area contributed by atoms with Gasteiger partial charge in [-0.25, -0.2) is 0 Å². The standard InChI is InChI=1S/C16H16N2O4/c1-9-7-10(2)14(20)12(8-9)18-16(22)15(21)17-11-5-3-4-6-13(11)19/h3-8,19-20H,1-2H3,(H,17,21)(H,18,22). The Labute approximate surface area is 127 Å². The second-order valence-corrected chi connectivity index (χ2v) is 4.90. The van der Waals surface area contributed by atoms with Gasteiger partial charge in [0.15, 0.2) is 0 Å². The van der Waals surface area contributed by atoms with Gasteiger partial charge in [0, 0.05) is 0 Å². The van der Waals surface area contributed by atoms with Crippen LogP contribution in [0.25, 0.3) is 0 Å². The van der Waals surface area contributed by atoms with Crippen LogP contribution in [0.4, 0.5) is 11.4 Å². The molecule has 0 atom stereocenters. The van der Waals surface area contributed by atoms with E-state index in [1.807, 2.05) is 6.92 Å². The number of aryl methyl sites for hydroxylation is 2. The van der Waals surface area contributed by atoms with Crippen LogP contribution in [0.2, 0.25) is 0 Å². The van der Waals surface area contributed by atoms with E-state index in [0.29, 0.717) is 5.56 Å². The first-order chi connectivity index (χ1) is 10.4. The highest BCUT2D eigenvalue weighted by atomic mass is 16.3. The van der Waals surface area contributed by atoms with Gasteiger partial charge in [0.2, 0.25) is 0 Å². The van der Waals surface area contributed by atoms with Crippen LogP contribution in [0.1, 0.15) is 11.1 Å². The Morgan fingerprint density at radius 3 is 2.14 bits per heavy atom. The maximum atomic E-state index is 11.9. The number of phenolic OH excluding ortho intramolecular Hbond substituents is 2. The van der Waals surface area contributed by atoms with Crippen molar-refractivity contribution in [2.24, 2.45) is 0 Å². The SMILES string of the molecule is Cc1cc(C)c(O)c(NC(=O)C(=O)Nc2ccccc2O)c1. The van der Waals surface area contributed by atoms with Crippen LogP contribution in [-0.4, -0.2) is 22.0 Å². The van der Waals surface area contributed by atoms with Crippen molar-refractivity contribution in [3.63, 3.8) is 0 Å². The molecule has 6 heteroatoms. The molecule has 0 aliphatic rings. The summed E-state index contributed by atoms with van der Waals surface area (Å²) < 4.78 is 0. The molecule has 0 unspecified atom stereocenters. The Kier molecular flexibility index (Phi) is 4.31. The van der Waals surface area contributed by atoms with Gasteiger partial charge in [0.05, 0.1) is 11.4 Å². The Hall–Kier alpha value is -3.02. The molecule has 0 aliphatic carbocycles. The largest absolute Gasteiger partial charge is 0.506 e. The summed E-state index contributed by atoms with van der Waals surface area (Å²) >= 11 is 0. The van der Waals surface area contributed by atoms with Crippen LogP contribution in [-0.2, 0) is 9.59 Å². The van der Waals surface area contributed by atoms with Crippen molar-refractivity contribution in [1.82, 2.24) is 0 Å². The number of aromatic hydroxyl groups is 2. The molecular formula is C16H16N2O4. The molecule has 2 aromatic carbocycles. The molecule has 2 rings (SSSR count). The zero-order chi connectivity index (χ0) is 16.3. The first-order valence-electron chi connectivity index (χ1n) is 6.59. The van der Waals surface area contributed by atoms with E-state index < -0.39 is 11.8 Å². The minimum Gasteiger partial charge on any atom is -0.506 e. The third-order valence-corrected chi connectivity index (χ3v) is 3.05. The second kappa shape index (κ2) is 6.17. The molecule has 0 fully saturated rings. The maximum Gasteiger partial charge on any atom is 0.314 e. The monoisotopic (exact) mass is 300 g/mol. The number of para-hydroxylation sites is 2. The number of benzene rings is 2. The molecule has 0 saturated heterocycles. The fourth-order valence-corrected chi connectivity index (χ4v) is 1.99. The van der Waals surface area contributed by atoms with Crippen molar-refractivity contribution in [2.45, 2.75) is 13.8 Å². The van der Waals surface area contributed by atoms with Crippen molar-refractivity contribution in [1.29, 1.82) is 0 Å². The molecule has 0 spiro atoms. The molecule has 0 aromatic heterocycles. The first kappa shape index (κ1) is 15.4. The molecule has 4 N–H and O–H groups in total. The number of hydrogen-bond acceptors (Lipinski definition) is 4. The van der Waals surface area contributed by atoms with Gasteiger partial charge in [0.1, 0.15) is 11.5 Å². The average Bonchev–Trinajstić information content (AvgIpc) is 2.46. The van der Waals surface area contributed by atoms with Crippen LogP contribution < -0.4 is 10.6 Å². The second-order valence-electron chi connectivity index (χ2n) is 4.90. The molecule has 2 amide bonds. The molecular weight excluding hydrogens is 284 g/mol. The molecule has 6 nitrogen and oxygen atoms in total. The van der Waals surface area contributed by atoms with Crippen LogP contribution in [0.15, 0.2) is 36.4 Å². The number of rotatable bonds is 2. The van der Waals surface area contributed by atoms with E-state index in [2.05, 4.69) is 10.6 Å². The van der Waals surface area contributed by atoms with E-state index in [1.165, 1.54) is 12.1 Å². The summed E-state index contributed by atoms with van der Waals surface area (Å²) in [6, 6.07) is 9.39. The lowest BCUT2D eigenvalue weighted by molar-refractivity contribution is -0.133. The minimum absolute atomic E-state index is 0.0886. The zero-order valence-electron chi connectivity index (χ0n) is 12.2. The summed E-state index contributed by atoms with van der Waals surface area (Å²) in [5, 5.41) is 24.1. The van der Waals surface area contributed by atoms with Gasteiger partial charge in [0.25, 0.3) is 0 Å². The molecule has 22 heavy (non-hydrogen) atoms. The Morgan fingerprint density at radius 2 is 1.50 bits per heavy atom. The predicted octanol–water partition coefficient (Wildman–Crippen LogP) is 2.29. The maximum absolute atomic E-state index is 11.9. The third kappa shape index (κ3) is 3.35. The Morgan fingerprint density at radius 1 is 0.909 bits per heavy atom. The molecule has 0 radical (unpaired) electrons. The van der Waals surface area contributed by atoms with Crippen molar-refractivity contribution >= 4 is 23.2 Å². The molecule has 0 saturated carbocycles. The van der Waals surface area contributed by atoms with Gasteiger partial charge in [-0.15, -0.1) is 0 Å². The van der Waals surface area contributed by atoms with Gasteiger partial charge in [-0.3, -0.25) is 9.59 Å². The van der Waals surface area contributed by atoms with Crippen molar-refractivity contribution in [3.05, 3.63) is 47.5 Å². The van der Waals surface area contributed by atoms with Gasteiger partial charge < -0.3 is 20.8 Å². The Bertz CT molecular complexity index is 741. The lowest BCUT2D eigenvalue weighted by atomic mass is 10.1. The first-order valence-corrected chi connectivity index (χ1v) is 6.59. The molecule has 0 aliphatic heterocycles. The third-order valence-electron chi connectivity index (χ3n) is 3.05. The number of phenols is 2. The normalized spacial score (nSPS) is 10.1. The highest BCUT2D eigenvalue weighted by Crippen LogP contribution is 2.28. The summed E-state index contributed by atoms with van der Waals surface area (Å²) in [5.41, 5.74) is 1.73. The van der Waals surface area contributed by atoms with Gasteiger partial charge in [-0.2, -0.15) is 0 Å². The van der Waals surface area contributed by atoms with E-state index in [0.717, 1.165) is 5.56 Å². The predicted molar refractivity (Wildman–Crippen MR) is 82.9 cm³/mol. The number of carbonyl (C=O) groups excluding carboxylic acids is 2. The van der Waals surface area contributed by atoms with Gasteiger partial charge in [-0.05, 0) is 43.2 Å². The van der Waals surface area contributed by atoms with Crippen molar-refractivity contribution in [2.75, 3.05) is 10.6 Å². The van der Waals surface area contributed by atoms with E-state index in [4.69, 9.17) is 0 Å². The smallest absolute Gasteiger partial charge is 0.314 e. The van der Waals surface area contributed by atoms with E-state index >= 15 is 0 Å². The summed E-state index contributed by atoms with van der Waals surface area (Å²) in [7, 11) is 0. The molecule has 2 aromatic rings. The topological polar surface area (TPSA) is 98.7 Å². The fourth-order valence-electron chi connectivity index (χ4n) is 1.99. The fraction of sp³-hybridized carbons (Fsp3) is 0.125. The lowest BCUT2D eigenvalue weighted by Gasteiger charge is -2.11. The summed E-state index contributed by atoms with van der Waals surface area (Å²) in [6.45, 7) is 3.50. The van der Waals surface area contributed by atoms with Crippen LogP contribution >= 0.6 is 0 Å². The zero-order valence-corrected chi connectivity index (χ0v) is 12.2. The van der Waals surface area contributed by atoms with E-state index in [9.17, 15) is 19.8 Å². The number of hydrogen-bond donors (Lipinski definition) is 4.